The number of aryl methyl sites for hydroxylation is 1. The minimum absolute atomic E-state index is 0.00159. The third kappa shape index (κ3) is 4.80. The van der Waals surface area contributed by atoms with E-state index in [9.17, 15) is 4.79 Å². The normalized spacial score (nSPS) is 17.5. The zero-order chi connectivity index (χ0) is 15.9. The lowest BCUT2D eigenvalue weighted by molar-refractivity contribution is -0.122. The molecule has 1 aliphatic rings. The van der Waals surface area contributed by atoms with Crippen LogP contribution in [0.15, 0.2) is 18.3 Å². The van der Waals surface area contributed by atoms with Crippen molar-refractivity contribution in [2.75, 3.05) is 13.1 Å². The molecular formula is C18H29N3O. The van der Waals surface area contributed by atoms with E-state index in [4.69, 9.17) is 0 Å². The van der Waals surface area contributed by atoms with Crippen molar-refractivity contribution >= 4 is 5.91 Å². The molecule has 1 aliphatic heterocycles. The molecule has 0 aliphatic carbocycles. The highest BCUT2D eigenvalue weighted by Gasteiger charge is 2.22. The number of aromatic nitrogens is 1. The predicted molar refractivity (Wildman–Crippen MR) is 89.5 cm³/mol. The van der Waals surface area contributed by atoms with Gasteiger partial charge in [0.05, 0.1) is 11.7 Å². The monoisotopic (exact) mass is 303 g/mol. The number of nitrogens with zero attached hydrogens (tertiary/aromatic N) is 1. The topological polar surface area (TPSA) is 54.0 Å². The minimum atomic E-state index is 0.00159. The van der Waals surface area contributed by atoms with Gasteiger partial charge in [0.25, 0.3) is 0 Å². The first kappa shape index (κ1) is 16.9. The molecule has 4 nitrogen and oxygen atoms in total. The summed E-state index contributed by atoms with van der Waals surface area (Å²) in [5, 5.41) is 6.56. The molecule has 1 fully saturated rings. The fraction of sp³-hybridized carbons (Fsp3) is 0.667. The van der Waals surface area contributed by atoms with Gasteiger partial charge in [0.1, 0.15) is 0 Å². The van der Waals surface area contributed by atoms with Crippen molar-refractivity contribution in [3.8, 4) is 0 Å². The fourth-order valence-corrected chi connectivity index (χ4v) is 3.13. The molecule has 1 amide bonds. The summed E-state index contributed by atoms with van der Waals surface area (Å²) in [6.45, 7) is 8.50. The molecule has 1 saturated heterocycles. The molecule has 0 bridgehead atoms. The summed E-state index contributed by atoms with van der Waals surface area (Å²) >= 11 is 0. The van der Waals surface area contributed by atoms with Crippen LogP contribution >= 0.6 is 0 Å². The first-order valence-corrected chi connectivity index (χ1v) is 8.49. The average Bonchev–Trinajstić information content (AvgIpc) is 2.52. The van der Waals surface area contributed by atoms with Crippen LogP contribution in [0.2, 0.25) is 0 Å². The third-order valence-corrected chi connectivity index (χ3v) is 4.57. The summed E-state index contributed by atoms with van der Waals surface area (Å²) in [6.07, 6.45) is 5.82. The maximum absolute atomic E-state index is 12.3. The zero-order valence-electron chi connectivity index (χ0n) is 14.1. The molecule has 2 N–H and O–H groups in total. The molecule has 22 heavy (non-hydrogen) atoms. The molecule has 1 atom stereocenters. The maximum Gasteiger partial charge on any atom is 0.220 e. The van der Waals surface area contributed by atoms with Crippen molar-refractivity contribution in [2.24, 2.45) is 11.8 Å². The number of rotatable bonds is 6. The Morgan fingerprint density at radius 2 is 2.14 bits per heavy atom. The summed E-state index contributed by atoms with van der Waals surface area (Å²) in [5.41, 5.74) is 2.13. The average molecular weight is 303 g/mol. The van der Waals surface area contributed by atoms with Gasteiger partial charge in [0, 0.05) is 12.6 Å². The van der Waals surface area contributed by atoms with Gasteiger partial charge in [0.2, 0.25) is 5.91 Å². The number of hydrogen-bond donors (Lipinski definition) is 2. The molecule has 1 aromatic rings. The van der Waals surface area contributed by atoms with Crippen LogP contribution < -0.4 is 10.6 Å². The second-order valence-electron chi connectivity index (χ2n) is 6.73. The molecule has 2 heterocycles. The Morgan fingerprint density at radius 1 is 1.41 bits per heavy atom. The SMILES string of the molecule is Cc1cccnc1C(NC(=O)CCC1CCNCC1)C(C)C. The smallest absolute Gasteiger partial charge is 0.220 e. The largest absolute Gasteiger partial charge is 0.347 e. The Kier molecular flexibility index (Phi) is 6.37. The minimum Gasteiger partial charge on any atom is -0.347 e. The molecule has 4 heteroatoms. The predicted octanol–water partition coefficient (Wildman–Crippen LogP) is 2.98. The van der Waals surface area contributed by atoms with E-state index >= 15 is 0 Å². The Balaban J connectivity index is 1.90. The standard InChI is InChI=1S/C18H29N3O/c1-13(2)17(18-14(3)5-4-10-20-18)21-16(22)7-6-15-8-11-19-12-9-15/h4-5,10,13,15,17,19H,6-9,11-12H2,1-3H3,(H,21,22). The van der Waals surface area contributed by atoms with Crippen molar-refractivity contribution in [2.45, 2.75) is 52.5 Å². The van der Waals surface area contributed by atoms with E-state index < -0.39 is 0 Å². The first-order chi connectivity index (χ1) is 10.6. The van der Waals surface area contributed by atoms with E-state index in [0.717, 1.165) is 30.8 Å². The highest BCUT2D eigenvalue weighted by atomic mass is 16.1. The molecule has 1 aromatic heterocycles. The number of carbonyl (C=O) groups excluding carboxylic acids is 1. The van der Waals surface area contributed by atoms with Crippen LogP contribution in [0.1, 0.15) is 56.8 Å². The number of carbonyl (C=O) groups is 1. The van der Waals surface area contributed by atoms with Gasteiger partial charge in [-0.15, -0.1) is 0 Å². The van der Waals surface area contributed by atoms with Gasteiger partial charge < -0.3 is 10.6 Å². The van der Waals surface area contributed by atoms with Gasteiger partial charge in [-0.3, -0.25) is 9.78 Å². The Labute approximate surface area is 134 Å². The van der Waals surface area contributed by atoms with Crippen LogP contribution in [0.25, 0.3) is 0 Å². The first-order valence-electron chi connectivity index (χ1n) is 8.49. The number of piperidine rings is 1. The second kappa shape index (κ2) is 8.28. The number of hydrogen-bond acceptors (Lipinski definition) is 3. The van der Waals surface area contributed by atoms with E-state index in [1.54, 1.807) is 6.20 Å². The van der Waals surface area contributed by atoms with Gasteiger partial charge in [0.15, 0.2) is 0 Å². The highest BCUT2D eigenvalue weighted by Crippen LogP contribution is 2.23. The van der Waals surface area contributed by atoms with Gasteiger partial charge in [-0.05, 0) is 62.7 Å². The molecular weight excluding hydrogens is 274 g/mol. The molecule has 0 aromatic carbocycles. The summed E-state index contributed by atoms with van der Waals surface area (Å²) in [4.78, 5) is 16.8. The fourth-order valence-electron chi connectivity index (χ4n) is 3.13. The Morgan fingerprint density at radius 3 is 2.77 bits per heavy atom. The van der Waals surface area contributed by atoms with Crippen molar-refractivity contribution in [1.29, 1.82) is 0 Å². The van der Waals surface area contributed by atoms with Gasteiger partial charge in [-0.25, -0.2) is 0 Å². The summed E-state index contributed by atoms with van der Waals surface area (Å²) < 4.78 is 0. The van der Waals surface area contributed by atoms with E-state index in [0.29, 0.717) is 18.3 Å². The van der Waals surface area contributed by atoms with Crippen molar-refractivity contribution in [3.05, 3.63) is 29.6 Å². The summed E-state index contributed by atoms with van der Waals surface area (Å²) in [7, 11) is 0. The lowest BCUT2D eigenvalue weighted by Crippen LogP contribution is -2.33. The quantitative estimate of drug-likeness (QED) is 0.849. The van der Waals surface area contributed by atoms with Crippen LogP contribution in [0.4, 0.5) is 0 Å². The lowest BCUT2D eigenvalue weighted by atomic mass is 9.92. The Hall–Kier alpha value is -1.42. The number of pyridine rings is 1. The van der Waals surface area contributed by atoms with E-state index in [1.807, 2.05) is 6.07 Å². The van der Waals surface area contributed by atoms with Crippen LogP contribution in [0, 0.1) is 18.8 Å². The zero-order valence-corrected chi connectivity index (χ0v) is 14.1. The third-order valence-electron chi connectivity index (χ3n) is 4.57. The molecule has 1 unspecified atom stereocenters. The summed E-state index contributed by atoms with van der Waals surface area (Å²) in [5.74, 6) is 1.18. The molecule has 0 spiro atoms. The van der Waals surface area contributed by atoms with Crippen LogP contribution in [-0.4, -0.2) is 24.0 Å². The number of nitrogens with one attached hydrogen (secondary N) is 2. The van der Waals surface area contributed by atoms with Crippen LogP contribution in [-0.2, 0) is 4.79 Å². The van der Waals surface area contributed by atoms with Crippen LogP contribution in [0.3, 0.4) is 0 Å². The maximum atomic E-state index is 12.3. The lowest BCUT2D eigenvalue weighted by Gasteiger charge is -2.25. The molecule has 2 rings (SSSR count). The van der Waals surface area contributed by atoms with E-state index in [1.165, 1.54) is 12.8 Å². The van der Waals surface area contributed by atoms with Gasteiger partial charge in [-0.1, -0.05) is 19.9 Å². The molecule has 0 radical (unpaired) electrons. The Bertz CT molecular complexity index is 481. The van der Waals surface area contributed by atoms with Crippen molar-refractivity contribution < 1.29 is 4.79 Å². The number of amides is 1. The van der Waals surface area contributed by atoms with Crippen molar-refractivity contribution in [3.63, 3.8) is 0 Å². The molecule has 0 saturated carbocycles. The van der Waals surface area contributed by atoms with Crippen LogP contribution in [0.5, 0.6) is 0 Å². The van der Waals surface area contributed by atoms with E-state index in [2.05, 4.69) is 42.5 Å². The van der Waals surface area contributed by atoms with E-state index in [-0.39, 0.29) is 11.9 Å². The highest BCUT2D eigenvalue weighted by molar-refractivity contribution is 5.76. The van der Waals surface area contributed by atoms with Gasteiger partial charge >= 0.3 is 0 Å². The summed E-state index contributed by atoms with van der Waals surface area (Å²) in [6, 6.07) is 4.00. The van der Waals surface area contributed by atoms with Gasteiger partial charge in [-0.2, -0.15) is 0 Å². The second-order valence-corrected chi connectivity index (χ2v) is 6.73. The van der Waals surface area contributed by atoms with Crippen molar-refractivity contribution in [1.82, 2.24) is 15.6 Å². The molecule has 122 valence electrons.